The van der Waals surface area contributed by atoms with E-state index in [4.69, 9.17) is 10.1 Å². The zero-order chi connectivity index (χ0) is 23.3. The van der Waals surface area contributed by atoms with Gasteiger partial charge in [-0.1, -0.05) is 60.7 Å². The molecule has 0 aliphatic carbocycles. The fraction of sp³-hybridized carbons (Fsp3) is 0.148. The number of imidazole rings is 1. The van der Waals surface area contributed by atoms with Gasteiger partial charge in [0, 0.05) is 5.56 Å². The van der Waals surface area contributed by atoms with E-state index in [0.29, 0.717) is 5.69 Å². The second-order valence-electron chi connectivity index (χ2n) is 7.97. The Bertz CT molecular complexity index is 1360. The number of H-pyrrole nitrogens is 1. The number of aromatic nitrogens is 4. The minimum absolute atomic E-state index is 0.190. The van der Waals surface area contributed by atoms with Gasteiger partial charge in [-0.25, -0.2) is 9.67 Å². The number of para-hydroxylation sites is 3. The van der Waals surface area contributed by atoms with Crippen molar-refractivity contribution in [3.8, 4) is 16.9 Å². The number of thioether (sulfide) groups is 1. The molecule has 0 radical (unpaired) electrons. The SMILES string of the molecule is CSCC[C@H](NC(=O)c1cc(-c2ccccc2)nn1-c1ccccc1)c1nc2ccccc2[nH]1. The number of aromatic amines is 1. The molecule has 0 aliphatic heterocycles. The van der Waals surface area contributed by atoms with Crippen LogP contribution in [0.4, 0.5) is 0 Å². The van der Waals surface area contributed by atoms with Crippen molar-refractivity contribution in [3.05, 3.63) is 103 Å². The molecule has 2 heterocycles. The number of rotatable bonds is 8. The van der Waals surface area contributed by atoms with Crippen LogP contribution in [0, 0.1) is 0 Å². The van der Waals surface area contributed by atoms with Gasteiger partial charge in [-0.15, -0.1) is 0 Å². The van der Waals surface area contributed by atoms with E-state index in [1.54, 1.807) is 16.4 Å². The van der Waals surface area contributed by atoms with Gasteiger partial charge >= 0.3 is 0 Å². The van der Waals surface area contributed by atoms with Crippen molar-refractivity contribution in [2.45, 2.75) is 12.5 Å². The number of hydrogen-bond acceptors (Lipinski definition) is 4. The summed E-state index contributed by atoms with van der Waals surface area (Å²) in [5.74, 6) is 1.47. The zero-order valence-electron chi connectivity index (χ0n) is 18.8. The highest BCUT2D eigenvalue weighted by Crippen LogP contribution is 2.24. The van der Waals surface area contributed by atoms with Crippen LogP contribution in [-0.2, 0) is 0 Å². The van der Waals surface area contributed by atoms with E-state index in [0.717, 1.165) is 46.0 Å². The third-order valence-corrected chi connectivity index (χ3v) is 6.31. The Balaban J connectivity index is 1.51. The molecule has 2 aromatic heterocycles. The van der Waals surface area contributed by atoms with E-state index in [9.17, 15) is 4.79 Å². The van der Waals surface area contributed by atoms with Gasteiger partial charge in [0.1, 0.15) is 11.5 Å². The quantitative estimate of drug-likeness (QED) is 0.310. The number of hydrogen-bond donors (Lipinski definition) is 2. The molecule has 0 saturated heterocycles. The maximum Gasteiger partial charge on any atom is 0.270 e. The number of nitrogens with one attached hydrogen (secondary N) is 2. The van der Waals surface area contributed by atoms with Crippen LogP contribution >= 0.6 is 11.8 Å². The fourth-order valence-electron chi connectivity index (χ4n) is 3.94. The Hall–Kier alpha value is -3.84. The van der Waals surface area contributed by atoms with Crippen LogP contribution in [-0.4, -0.2) is 37.7 Å². The summed E-state index contributed by atoms with van der Waals surface area (Å²) in [6, 6.07) is 29.1. The van der Waals surface area contributed by atoms with Gasteiger partial charge in [-0.3, -0.25) is 4.79 Å². The molecule has 34 heavy (non-hydrogen) atoms. The van der Waals surface area contributed by atoms with Crippen LogP contribution in [0.3, 0.4) is 0 Å². The summed E-state index contributed by atoms with van der Waals surface area (Å²) in [5, 5.41) is 7.99. The summed E-state index contributed by atoms with van der Waals surface area (Å²) < 4.78 is 1.71. The zero-order valence-corrected chi connectivity index (χ0v) is 19.6. The van der Waals surface area contributed by atoms with Crippen molar-refractivity contribution in [1.82, 2.24) is 25.1 Å². The van der Waals surface area contributed by atoms with E-state index in [1.807, 2.05) is 91.0 Å². The van der Waals surface area contributed by atoms with E-state index in [2.05, 4.69) is 16.6 Å². The summed E-state index contributed by atoms with van der Waals surface area (Å²) in [6.45, 7) is 0. The highest BCUT2D eigenvalue weighted by atomic mass is 32.2. The number of nitrogens with zero attached hydrogens (tertiary/aromatic N) is 3. The highest BCUT2D eigenvalue weighted by Gasteiger charge is 2.23. The van der Waals surface area contributed by atoms with E-state index < -0.39 is 0 Å². The predicted molar refractivity (Wildman–Crippen MR) is 138 cm³/mol. The van der Waals surface area contributed by atoms with Gasteiger partial charge in [-0.05, 0) is 48.8 Å². The lowest BCUT2D eigenvalue weighted by Crippen LogP contribution is -2.31. The molecule has 7 heteroatoms. The predicted octanol–water partition coefficient (Wildman–Crippen LogP) is 5.64. The average molecular weight is 468 g/mol. The minimum atomic E-state index is -0.244. The lowest BCUT2D eigenvalue weighted by atomic mass is 10.1. The first kappa shape index (κ1) is 22.0. The molecule has 2 N–H and O–H groups in total. The molecule has 6 nitrogen and oxygen atoms in total. The van der Waals surface area contributed by atoms with Gasteiger partial charge < -0.3 is 10.3 Å². The fourth-order valence-corrected chi connectivity index (χ4v) is 4.41. The van der Waals surface area contributed by atoms with Crippen LogP contribution in [0.1, 0.15) is 28.8 Å². The molecule has 0 fully saturated rings. The summed E-state index contributed by atoms with van der Waals surface area (Å²) >= 11 is 1.75. The van der Waals surface area contributed by atoms with E-state index >= 15 is 0 Å². The van der Waals surface area contributed by atoms with Crippen molar-refractivity contribution >= 4 is 28.7 Å². The van der Waals surface area contributed by atoms with E-state index in [1.165, 1.54) is 0 Å². The number of benzene rings is 3. The standard InChI is InChI=1S/C27H25N5OS/c1-34-17-16-23(26-28-21-14-8-9-15-22(21)29-26)30-27(33)25-18-24(19-10-4-2-5-11-19)31-32(25)20-12-6-3-7-13-20/h2-15,18,23H,16-17H2,1H3,(H,28,29)(H,30,33)/t23-/m0/s1. The Kier molecular flexibility index (Phi) is 6.44. The van der Waals surface area contributed by atoms with Crippen LogP contribution in [0.25, 0.3) is 28.0 Å². The van der Waals surface area contributed by atoms with Crippen LogP contribution in [0.2, 0.25) is 0 Å². The monoisotopic (exact) mass is 467 g/mol. The first-order chi connectivity index (χ1) is 16.7. The second kappa shape index (κ2) is 9.97. The van der Waals surface area contributed by atoms with Gasteiger partial charge in [0.2, 0.25) is 0 Å². The van der Waals surface area contributed by atoms with Gasteiger partial charge in [0.15, 0.2) is 0 Å². The molecule has 0 unspecified atom stereocenters. The van der Waals surface area contributed by atoms with Crippen molar-refractivity contribution < 1.29 is 4.79 Å². The summed E-state index contributed by atoms with van der Waals surface area (Å²) in [4.78, 5) is 21.8. The number of carbonyl (C=O) groups excluding carboxylic acids is 1. The highest BCUT2D eigenvalue weighted by molar-refractivity contribution is 7.98. The van der Waals surface area contributed by atoms with Crippen molar-refractivity contribution in [2.75, 3.05) is 12.0 Å². The molecular weight excluding hydrogens is 442 g/mol. The lowest BCUT2D eigenvalue weighted by Gasteiger charge is -2.17. The summed E-state index contributed by atoms with van der Waals surface area (Å²) in [7, 11) is 0. The average Bonchev–Trinajstić information content (AvgIpc) is 3.53. The van der Waals surface area contributed by atoms with Crippen molar-refractivity contribution in [2.24, 2.45) is 0 Å². The van der Waals surface area contributed by atoms with E-state index in [-0.39, 0.29) is 11.9 Å². The molecule has 170 valence electrons. The Labute approximate surface area is 202 Å². The third kappa shape index (κ3) is 4.61. The van der Waals surface area contributed by atoms with Crippen molar-refractivity contribution in [3.63, 3.8) is 0 Å². The van der Waals surface area contributed by atoms with Crippen molar-refractivity contribution in [1.29, 1.82) is 0 Å². The molecule has 0 spiro atoms. The molecular formula is C27H25N5OS. The molecule has 3 aromatic carbocycles. The Morgan fingerprint density at radius 1 is 1.00 bits per heavy atom. The minimum Gasteiger partial charge on any atom is -0.341 e. The first-order valence-electron chi connectivity index (χ1n) is 11.2. The maximum absolute atomic E-state index is 13.6. The lowest BCUT2D eigenvalue weighted by molar-refractivity contribution is 0.0926. The summed E-state index contributed by atoms with van der Waals surface area (Å²) in [5.41, 5.74) is 4.87. The van der Waals surface area contributed by atoms with Gasteiger partial charge in [0.05, 0.1) is 28.5 Å². The number of carbonyl (C=O) groups is 1. The van der Waals surface area contributed by atoms with Crippen LogP contribution < -0.4 is 5.32 Å². The largest absolute Gasteiger partial charge is 0.341 e. The smallest absolute Gasteiger partial charge is 0.270 e. The van der Waals surface area contributed by atoms with Crippen LogP contribution in [0.5, 0.6) is 0 Å². The third-order valence-electron chi connectivity index (χ3n) is 5.67. The van der Waals surface area contributed by atoms with Gasteiger partial charge in [0.25, 0.3) is 5.91 Å². The molecule has 0 saturated carbocycles. The molecule has 5 aromatic rings. The second-order valence-corrected chi connectivity index (χ2v) is 8.96. The maximum atomic E-state index is 13.6. The summed E-state index contributed by atoms with van der Waals surface area (Å²) in [6.07, 6.45) is 2.83. The van der Waals surface area contributed by atoms with Crippen LogP contribution in [0.15, 0.2) is 91.0 Å². The van der Waals surface area contributed by atoms with Gasteiger partial charge in [-0.2, -0.15) is 16.9 Å². The molecule has 1 atom stereocenters. The number of fused-ring (bicyclic) bond motifs is 1. The topological polar surface area (TPSA) is 75.6 Å². The molecule has 0 aliphatic rings. The molecule has 0 bridgehead atoms. The number of amides is 1. The normalized spacial score (nSPS) is 12.0. The Morgan fingerprint density at radius 2 is 1.71 bits per heavy atom. The Morgan fingerprint density at radius 3 is 2.44 bits per heavy atom. The molecule has 5 rings (SSSR count). The first-order valence-corrected chi connectivity index (χ1v) is 12.6. The molecule has 1 amide bonds.